The van der Waals surface area contributed by atoms with Crippen molar-refractivity contribution in [3.05, 3.63) is 65.5 Å². The van der Waals surface area contributed by atoms with Crippen molar-refractivity contribution in [2.24, 2.45) is 0 Å². The Kier molecular flexibility index (Phi) is 8.64. The molecule has 0 radical (unpaired) electrons. The Labute approximate surface area is 197 Å². The van der Waals surface area contributed by atoms with E-state index in [2.05, 4.69) is 26.1 Å². The van der Waals surface area contributed by atoms with E-state index in [9.17, 15) is 14.0 Å². The lowest BCUT2D eigenvalue weighted by molar-refractivity contribution is -0.143. The third-order valence-electron chi connectivity index (χ3n) is 5.23. The number of carbonyl (C=O) groups excluding carboxylic acids is 2. The third kappa shape index (κ3) is 8.19. The second-order valence-corrected chi connectivity index (χ2v) is 10.4. The zero-order valence-corrected chi connectivity index (χ0v) is 20.9. The van der Waals surface area contributed by atoms with Crippen LogP contribution in [0, 0.1) is 5.82 Å². The summed E-state index contributed by atoms with van der Waals surface area (Å²) in [4.78, 5) is 27.7. The van der Waals surface area contributed by atoms with Crippen molar-refractivity contribution < 1.29 is 18.7 Å². The van der Waals surface area contributed by atoms with Crippen LogP contribution in [0.15, 0.2) is 48.5 Å². The van der Waals surface area contributed by atoms with Crippen molar-refractivity contribution in [1.29, 1.82) is 0 Å². The van der Waals surface area contributed by atoms with E-state index in [4.69, 9.17) is 4.74 Å². The molecular formula is C27H37FN2O3. The molecule has 33 heavy (non-hydrogen) atoms. The molecule has 0 saturated carbocycles. The van der Waals surface area contributed by atoms with Gasteiger partial charge in [-0.05, 0) is 68.0 Å². The maximum atomic E-state index is 13.4. The van der Waals surface area contributed by atoms with E-state index < -0.39 is 11.6 Å². The van der Waals surface area contributed by atoms with Gasteiger partial charge in [-0.3, -0.25) is 9.59 Å². The van der Waals surface area contributed by atoms with E-state index in [-0.39, 0.29) is 36.2 Å². The lowest BCUT2D eigenvalue weighted by atomic mass is 9.87. The summed E-state index contributed by atoms with van der Waals surface area (Å²) < 4.78 is 19.1. The van der Waals surface area contributed by atoms with E-state index in [1.165, 1.54) is 22.6 Å². The Morgan fingerprint density at radius 1 is 0.970 bits per heavy atom. The second kappa shape index (κ2) is 10.8. The zero-order valence-electron chi connectivity index (χ0n) is 20.9. The largest absolute Gasteiger partial charge is 0.484 e. The summed E-state index contributed by atoms with van der Waals surface area (Å²) in [5, 5.41) is 2.96. The van der Waals surface area contributed by atoms with Crippen LogP contribution >= 0.6 is 0 Å². The smallest absolute Gasteiger partial charge is 0.261 e. The van der Waals surface area contributed by atoms with E-state index in [0.29, 0.717) is 12.2 Å². The molecule has 1 atom stereocenters. The molecule has 180 valence electrons. The summed E-state index contributed by atoms with van der Waals surface area (Å²) in [6.45, 7) is 13.9. The predicted octanol–water partition coefficient (Wildman–Crippen LogP) is 5.22. The molecule has 0 aliphatic carbocycles. The molecule has 5 nitrogen and oxygen atoms in total. The van der Waals surface area contributed by atoms with Crippen molar-refractivity contribution in [3.8, 4) is 5.75 Å². The Bertz CT molecular complexity index is 926. The van der Waals surface area contributed by atoms with Gasteiger partial charge in [-0.2, -0.15) is 0 Å². The molecule has 2 rings (SSSR count). The van der Waals surface area contributed by atoms with Gasteiger partial charge in [0.1, 0.15) is 17.6 Å². The fourth-order valence-corrected chi connectivity index (χ4v) is 3.44. The van der Waals surface area contributed by atoms with Crippen LogP contribution in [-0.4, -0.2) is 34.9 Å². The highest BCUT2D eigenvalue weighted by atomic mass is 19.1. The summed E-state index contributed by atoms with van der Waals surface area (Å²) >= 11 is 0. The quantitative estimate of drug-likeness (QED) is 0.592. The summed E-state index contributed by atoms with van der Waals surface area (Å²) in [6, 6.07) is 12.9. The normalized spacial score (nSPS) is 12.7. The maximum absolute atomic E-state index is 13.4. The summed E-state index contributed by atoms with van der Waals surface area (Å²) in [5.41, 5.74) is 1.50. The summed E-state index contributed by atoms with van der Waals surface area (Å²) in [6.07, 6.45) is 0.440. The van der Waals surface area contributed by atoms with Gasteiger partial charge in [0.05, 0.1) is 0 Å². The van der Waals surface area contributed by atoms with Crippen molar-refractivity contribution in [2.75, 3.05) is 6.61 Å². The van der Waals surface area contributed by atoms with E-state index in [1.807, 2.05) is 52.0 Å². The van der Waals surface area contributed by atoms with Crippen LogP contribution in [0.4, 0.5) is 4.39 Å². The van der Waals surface area contributed by atoms with E-state index in [1.54, 1.807) is 12.1 Å². The van der Waals surface area contributed by atoms with Crippen LogP contribution in [-0.2, 0) is 21.5 Å². The van der Waals surface area contributed by atoms with Crippen LogP contribution in [0.2, 0.25) is 0 Å². The van der Waals surface area contributed by atoms with Crippen LogP contribution in [0.5, 0.6) is 5.75 Å². The highest BCUT2D eigenvalue weighted by Gasteiger charge is 2.31. The minimum Gasteiger partial charge on any atom is -0.484 e. The number of ether oxygens (including phenoxy) is 1. The second-order valence-electron chi connectivity index (χ2n) is 10.4. The molecule has 2 aromatic carbocycles. The number of rotatable bonds is 8. The number of nitrogens with one attached hydrogen (secondary N) is 1. The third-order valence-corrected chi connectivity index (χ3v) is 5.23. The van der Waals surface area contributed by atoms with Crippen molar-refractivity contribution in [1.82, 2.24) is 10.2 Å². The van der Waals surface area contributed by atoms with E-state index >= 15 is 0 Å². The highest BCUT2D eigenvalue weighted by Crippen LogP contribution is 2.24. The molecule has 0 aliphatic rings. The molecule has 0 fully saturated rings. The van der Waals surface area contributed by atoms with Crippen LogP contribution in [0.1, 0.15) is 66.0 Å². The average Bonchev–Trinajstić information content (AvgIpc) is 2.71. The first kappa shape index (κ1) is 26.4. The Balaban J connectivity index is 2.20. The SMILES string of the molecule is CC[C@H](C(=O)NC(C)(C)C)N(Cc1ccc(F)cc1)C(=O)COc1ccc(C(C)(C)C)cc1. The van der Waals surface area contributed by atoms with Gasteiger partial charge in [0.2, 0.25) is 5.91 Å². The number of hydrogen-bond donors (Lipinski definition) is 1. The molecule has 0 spiro atoms. The fourth-order valence-electron chi connectivity index (χ4n) is 3.44. The van der Waals surface area contributed by atoms with Crippen LogP contribution < -0.4 is 10.1 Å². The molecule has 0 unspecified atom stereocenters. The molecule has 0 heterocycles. The van der Waals surface area contributed by atoms with Gasteiger partial charge in [0.25, 0.3) is 5.91 Å². The maximum Gasteiger partial charge on any atom is 0.261 e. The topological polar surface area (TPSA) is 58.6 Å². The first-order valence-corrected chi connectivity index (χ1v) is 11.4. The molecular weight excluding hydrogens is 419 g/mol. The van der Waals surface area contributed by atoms with Crippen molar-refractivity contribution in [2.45, 2.75) is 78.4 Å². The Morgan fingerprint density at radius 2 is 1.55 bits per heavy atom. The molecule has 2 aromatic rings. The van der Waals surface area contributed by atoms with Crippen LogP contribution in [0.3, 0.4) is 0 Å². The average molecular weight is 457 g/mol. The standard InChI is InChI=1S/C27H37FN2O3/c1-8-23(25(32)29-27(5,6)7)30(17-19-9-13-21(28)14-10-19)24(31)18-33-22-15-11-20(12-16-22)26(2,3)4/h9-16,23H,8,17-18H2,1-7H3,(H,29,32)/t23-/m1/s1. The predicted molar refractivity (Wildman–Crippen MR) is 130 cm³/mol. The van der Waals surface area contributed by atoms with Gasteiger partial charge >= 0.3 is 0 Å². The molecule has 1 N–H and O–H groups in total. The molecule has 0 aliphatic heterocycles. The van der Waals surface area contributed by atoms with Crippen molar-refractivity contribution >= 4 is 11.8 Å². The molecule has 6 heteroatoms. The molecule has 0 saturated heterocycles. The van der Waals surface area contributed by atoms with Gasteiger partial charge in [-0.1, -0.05) is 52.0 Å². The molecule has 0 bridgehead atoms. The molecule has 2 amide bonds. The minimum absolute atomic E-state index is 0.0229. The first-order chi connectivity index (χ1) is 15.3. The minimum atomic E-state index is -0.673. The van der Waals surface area contributed by atoms with Gasteiger partial charge < -0.3 is 15.0 Å². The lowest BCUT2D eigenvalue weighted by Gasteiger charge is -2.33. The number of amides is 2. The van der Waals surface area contributed by atoms with Gasteiger partial charge in [-0.25, -0.2) is 4.39 Å². The van der Waals surface area contributed by atoms with Gasteiger partial charge in [0, 0.05) is 12.1 Å². The van der Waals surface area contributed by atoms with Crippen LogP contribution in [0.25, 0.3) is 0 Å². The highest BCUT2D eigenvalue weighted by molar-refractivity contribution is 5.88. The number of benzene rings is 2. The summed E-state index contributed by atoms with van der Waals surface area (Å²) in [5.74, 6) is -0.299. The monoisotopic (exact) mass is 456 g/mol. The first-order valence-electron chi connectivity index (χ1n) is 11.4. The van der Waals surface area contributed by atoms with Gasteiger partial charge in [-0.15, -0.1) is 0 Å². The summed E-state index contributed by atoms with van der Waals surface area (Å²) in [7, 11) is 0. The van der Waals surface area contributed by atoms with Gasteiger partial charge in [0.15, 0.2) is 6.61 Å². The lowest BCUT2D eigenvalue weighted by Crippen LogP contribution is -2.54. The number of carbonyl (C=O) groups is 2. The zero-order chi connectivity index (χ0) is 24.8. The fraction of sp³-hybridized carbons (Fsp3) is 0.481. The van der Waals surface area contributed by atoms with Crippen molar-refractivity contribution in [3.63, 3.8) is 0 Å². The Morgan fingerprint density at radius 3 is 2.03 bits per heavy atom. The number of nitrogens with zero attached hydrogens (tertiary/aromatic N) is 1. The number of hydrogen-bond acceptors (Lipinski definition) is 3. The Hall–Kier alpha value is -2.89. The number of halogens is 1. The van der Waals surface area contributed by atoms with E-state index in [0.717, 1.165) is 5.56 Å². The molecule has 0 aromatic heterocycles.